The molecule has 2 aromatic heterocycles. The summed E-state index contributed by atoms with van der Waals surface area (Å²) in [6, 6.07) is 6.57. The Morgan fingerprint density at radius 3 is 2.86 bits per heavy atom. The molecule has 0 aliphatic rings. The van der Waals surface area contributed by atoms with Crippen molar-refractivity contribution in [3.63, 3.8) is 0 Å². The molecule has 2 heterocycles. The molecule has 74 valence electrons. The highest BCUT2D eigenvalue weighted by atomic mass is 127. The molecule has 0 aliphatic carbocycles. The number of rotatable bonds is 3. The Hall–Kier alpha value is -0.330. The van der Waals surface area contributed by atoms with E-state index in [1.807, 2.05) is 19.3 Å². The van der Waals surface area contributed by atoms with Gasteiger partial charge in [0.15, 0.2) is 0 Å². The first-order valence-electron chi connectivity index (χ1n) is 4.36. The second-order valence-electron chi connectivity index (χ2n) is 2.98. The van der Waals surface area contributed by atoms with Gasteiger partial charge >= 0.3 is 0 Å². The van der Waals surface area contributed by atoms with Crippen LogP contribution in [0.4, 0.5) is 0 Å². The van der Waals surface area contributed by atoms with Gasteiger partial charge in [0, 0.05) is 20.3 Å². The zero-order valence-electron chi connectivity index (χ0n) is 7.75. The van der Waals surface area contributed by atoms with Gasteiger partial charge in [0.1, 0.15) is 0 Å². The van der Waals surface area contributed by atoms with Crippen LogP contribution >= 0.6 is 33.9 Å². The zero-order valence-corrected chi connectivity index (χ0v) is 10.7. The molecule has 2 aromatic rings. The molecule has 2 rings (SSSR count). The SMILES string of the molecule is CNC(c1ccc[nH]1)c1sccc1I. The Labute approximate surface area is 101 Å². The van der Waals surface area contributed by atoms with Gasteiger partial charge in [-0.05, 0) is 53.2 Å². The van der Waals surface area contributed by atoms with Gasteiger partial charge in [0.05, 0.1) is 6.04 Å². The molecular formula is C10H11IN2S. The summed E-state index contributed by atoms with van der Waals surface area (Å²) in [4.78, 5) is 4.62. The van der Waals surface area contributed by atoms with Gasteiger partial charge in [-0.3, -0.25) is 0 Å². The quantitative estimate of drug-likeness (QED) is 0.837. The Bertz CT molecular complexity index is 394. The summed E-state index contributed by atoms with van der Waals surface area (Å²) in [5.74, 6) is 0. The van der Waals surface area contributed by atoms with E-state index >= 15 is 0 Å². The maximum atomic E-state index is 3.32. The number of aromatic amines is 1. The molecule has 0 saturated heterocycles. The second kappa shape index (κ2) is 4.46. The van der Waals surface area contributed by atoms with Crippen LogP contribution in [0.1, 0.15) is 16.6 Å². The number of thiophene rings is 1. The summed E-state index contributed by atoms with van der Waals surface area (Å²) >= 11 is 4.17. The van der Waals surface area contributed by atoms with Gasteiger partial charge in [0.2, 0.25) is 0 Å². The van der Waals surface area contributed by atoms with Crippen molar-refractivity contribution in [2.75, 3.05) is 7.05 Å². The normalized spacial score (nSPS) is 13.0. The van der Waals surface area contributed by atoms with Crippen LogP contribution < -0.4 is 5.32 Å². The molecule has 0 fully saturated rings. The number of H-pyrrole nitrogens is 1. The topological polar surface area (TPSA) is 27.8 Å². The Balaban J connectivity index is 2.36. The highest BCUT2D eigenvalue weighted by Crippen LogP contribution is 2.29. The van der Waals surface area contributed by atoms with E-state index in [0.29, 0.717) is 0 Å². The maximum Gasteiger partial charge on any atom is 0.0830 e. The van der Waals surface area contributed by atoms with E-state index in [1.54, 1.807) is 11.3 Å². The van der Waals surface area contributed by atoms with Gasteiger partial charge in [-0.2, -0.15) is 0 Å². The van der Waals surface area contributed by atoms with E-state index in [9.17, 15) is 0 Å². The van der Waals surface area contributed by atoms with Crippen LogP contribution in [0, 0.1) is 3.57 Å². The van der Waals surface area contributed by atoms with Gasteiger partial charge in [0.25, 0.3) is 0 Å². The minimum atomic E-state index is 0.289. The predicted molar refractivity (Wildman–Crippen MR) is 68.7 cm³/mol. The summed E-state index contributed by atoms with van der Waals surface area (Å²) < 4.78 is 1.32. The smallest absolute Gasteiger partial charge is 0.0830 e. The lowest BCUT2D eigenvalue weighted by Gasteiger charge is -2.13. The lowest BCUT2D eigenvalue weighted by Crippen LogP contribution is -2.17. The minimum absolute atomic E-state index is 0.289. The lowest BCUT2D eigenvalue weighted by molar-refractivity contribution is 0.684. The fourth-order valence-corrected chi connectivity index (χ4v) is 3.49. The van der Waals surface area contributed by atoms with Gasteiger partial charge < -0.3 is 10.3 Å². The first-order chi connectivity index (χ1) is 6.83. The van der Waals surface area contributed by atoms with Gasteiger partial charge in [-0.1, -0.05) is 0 Å². The first-order valence-corrected chi connectivity index (χ1v) is 6.32. The third-order valence-electron chi connectivity index (χ3n) is 2.13. The van der Waals surface area contributed by atoms with E-state index in [2.05, 4.69) is 50.4 Å². The number of hydrogen-bond donors (Lipinski definition) is 2. The number of halogens is 1. The van der Waals surface area contributed by atoms with E-state index in [-0.39, 0.29) is 6.04 Å². The molecule has 14 heavy (non-hydrogen) atoms. The van der Waals surface area contributed by atoms with Crippen LogP contribution in [0.15, 0.2) is 29.8 Å². The molecule has 0 bridgehead atoms. The van der Waals surface area contributed by atoms with Crippen molar-refractivity contribution in [2.24, 2.45) is 0 Å². The van der Waals surface area contributed by atoms with Crippen LogP contribution in [0.2, 0.25) is 0 Å². The second-order valence-corrected chi connectivity index (χ2v) is 5.09. The summed E-state index contributed by atoms with van der Waals surface area (Å²) in [6.07, 6.45) is 1.96. The largest absolute Gasteiger partial charge is 0.363 e. The van der Waals surface area contributed by atoms with Crippen LogP contribution in [-0.2, 0) is 0 Å². The number of nitrogens with one attached hydrogen (secondary N) is 2. The van der Waals surface area contributed by atoms with Crippen LogP contribution in [0.25, 0.3) is 0 Å². The molecular weight excluding hydrogens is 307 g/mol. The average Bonchev–Trinajstić information content (AvgIpc) is 2.80. The number of aromatic nitrogens is 1. The molecule has 0 saturated carbocycles. The summed E-state index contributed by atoms with van der Waals surface area (Å²) in [6.45, 7) is 0. The van der Waals surface area contributed by atoms with Gasteiger partial charge in [-0.15, -0.1) is 11.3 Å². The molecule has 0 aliphatic heterocycles. The monoisotopic (exact) mass is 318 g/mol. The molecule has 1 unspecified atom stereocenters. The molecule has 1 atom stereocenters. The van der Waals surface area contributed by atoms with Crippen molar-refractivity contribution in [3.05, 3.63) is 43.9 Å². The fraction of sp³-hybridized carbons (Fsp3) is 0.200. The van der Waals surface area contributed by atoms with Crippen molar-refractivity contribution in [1.82, 2.24) is 10.3 Å². The third-order valence-corrected chi connectivity index (χ3v) is 4.42. The zero-order chi connectivity index (χ0) is 9.97. The van der Waals surface area contributed by atoms with E-state index in [0.717, 1.165) is 0 Å². The average molecular weight is 318 g/mol. The number of hydrogen-bond acceptors (Lipinski definition) is 2. The van der Waals surface area contributed by atoms with Crippen LogP contribution in [0.5, 0.6) is 0 Å². The Morgan fingerprint density at radius 1 is 1.50 bits per heavy atom. The Morgan fingerprint density at radius 2 is 2.36 bits per heavy atom. The summed E-state index contributed by atoms with van der Waals surface area (Å²) in [5.41, 5.74) is 1.22. The fourth-order valence-electron chi connectivity index (χ4n) is 1.46. The van der Waals surface area contributed by atoms with Crippen LogP contribution in [-0.4, -0.2) is 12.0 Å². The minimum Gasteiger partial charge on any atom is -0.363 e. The molecule has 2 nitrogen and oxygen atoms in total. The molecule has 4 heteroatoms. The summed E-state index contributed by atoms with van der Waals surface area (Å²) in [7, 11) is 1.99. The first kappa shape index (κ1) is 10.2. The summed E-state index contributed by atoms with van der Waals surface area (Å²) in [5, 5.41) is 5.45. The molecule has 2 N–H and O–H groups in total. The van der Waals surface area contributed by atoms with E-state index in [4.69, 9.17) is 0 Å². The van der Waals surface area contributed by atoms with Crippen molar-refractivity contribution in [1.29, 1.82) is 0 Å². The Kier molecular flexibility index (Phi) is 3.25. The van der Waals surface area contributed by atoms with Gasteiger partial charge in [-0.25, -0.2) is 0 Å². The third kappa shape index (κ3) is 1.87. The maximum absolute atomic E-state index is 3.32. The van der Waals surface area contributed by atoms with E-state index in [1.165, 1.54) is 14.1 Å². The molecule has 0 amide bonds. The molecule has 0 aromatic carbocycles. The van der Waals surface area contributed by atoms with E-state index < -0.39 is 0 Å². The lowest BCUT2D eigenvalue weighted by atomic mass is 10.2. The highest BCUT2D eigenvalue weighted by molar-refractivity contribution is 14.1. The predicted octanol–water partition coefficient (Wildman–Crippen LogP) is 2.99. The van der Waals surface area contributed by atoms with Crippen molar-refractivity contribution < 1.29 is 0 Å². The highest BCUT2D eigenvalue weighted by Gasteiger charge is 2.16. The van der Waals surface area contributed by atoms with Crippen LogP contribution in [0.3, 0.4) is 0 Å². The van der Waals surface area contributed by atoms with Crippen molar-refractivity contribution in [2.45, 2.75) is 6.04 Å². The molecule has 0 radical (unpaired) electrons. The molecule has 0 spiro atoms. The van der Waals surface area contributed by atoms with Crippen molar-refractivity contribution in [3.8, 4) is 0 Å². The standard InChI is InChI=1S/C10H11IN2S/c1-12-9(8-3-2-5-13-8)10-7(11)4-6-14-10/h2-6,9,12-13H,1H3. The van der Waals surface area contributed by atoms with Crippen molar-refractivity contribution >= 4 is 33.9 Å².